The summed E-state index contributed by atoms with van der Waals surface area (Å²) >= 11 is 0. The molecule has 0 fully saturated rings. The minimum Gasteiger partial charge on any atom is -0.497 e. The Morgan fingerprint density at radius 3 is 2.39 bits per heavy atom. The zero-order valence-corrected chi connectivity index (χ0v) is 13.3. The van der Waals surface area contributed by atoms with Crippen LogP contribution in [0.1, 0.15) is 15.9 Å². The Morgan fingerprint density at radius 1 is 1.13 bits per heavy atom. The predicted molar refractivity (Wildman–Crippen MR) is 85.3 cm³/mol. The molecule has 2 rings (SSSR count). The van der Waals surface area contributed by atoms with Crippen LogP contribution in [0.3, 0.4) is 0 Å². The van der Waals surface area contributed by atoms with E-state index in [1.165, 1.54) is 24.3 Å². The summed E-state index contributed by atoms with van der Waals surface area (Å²) in [6.45, 7) is 0.169. The van der Waals surface area contributed by atoms with E-state index in [9.17, 15) is 13.2 Å². The first-order valence-corrected chi connectivity index (χ1v) is 8.37. The number of benzene rings is 2. The summed E-state index contributed by atoms with van der Waals surface area (Å²) in [5, 5.41) is 9.08. The van der Waals surface area contributed by atoms with Gasteiger partial charge in [-0.2, -0.15) is 0 Å². The van der Waals surface area contributed by atoms with Crippen LogP contribution in [-0.4, -0.2) is 33.1 Å². The molecule has 0 amide bonds. The van der Waals surface area contributed by atoms with Crippen LogP contribution < -0.4 is 9.46 Å². The average molecular weight is 335 g/mol. The Hall–Kier alpha value is -2.38. The lowest BCUT2D eigenvalue weighted by Gasteiger charge is -2.09. The molecule has 0 saturated carbocycles. The van der Waals surface area contributed by atoms with Gasteiger partial charge in [0.2, 0.25) is 10.0 Å². The monoisotopic (exact) mass is 335 g/mol. The van der Waals surface area contributed by atoms with Crippen molar-refractivity contribution >= 4 is 16.0 Å². The van der Waals surface area contributed by atoms with Crippen LogP contribution in [0.15, 0.2) is 53.4 Å². The molecular weight excluding hydrogens is 318 g/mol. The number of nitrogens with one attached hydrogen (secondary N) is 1. The van der Waals surface area contributed by atoms with E-state index in [1.807, 2.05) is 12.1 Å². The average Bonchev–Trinajstić information content (AvgIpc) is 2.55. The van der Waals surface area contributed by atoms with Crippen molar-refractivity contribution in [2.45, 2.75) is 11.3 Å². The fourth-order valence-electron chi connectivity index (χ4n) is 2.08. The normalized spacial score (nSPS) is 11.2. The van der Waals surface area contributed by atoms with Gasteiger partial charge in [0.1, 0.15) is 5.75 Å². The third kappa shape index (κ3) is 4.30. The van der Waals surface area contributed by atoms with Crippen molar-refractivity contribution in [3.05, 3.63) is 59.7 Å². The number of carboxylic acids is 1. The van der Waals surface area contributed by atoms with E-state index in [2.05, 4.69) is 4.72 Å². The first-order valence-electron chi connectivity index (χ1n) is 6.89. The molecule has 2 aromatic carbocycles. The minimum absolute atomic E-state index is 0.169. The lowest BCUT2D eigenvalue weighted by Crippen LogP contribution is -2.27. The number of carbonyl (C=O) groups is 1. The van der Waals surface area contributed by atoms with Crippen molar-refractivity contribution in [1.82, 2.24) is 4.72 Å². The minimum atomic E-state index is -3.87. The second-order valence-electron chi connectivity index (χ2n) is 4.80. The van der Waals surface area contributed by atoms with Crippen LogP contribution >= 0.6 is 0 Å². The quantitative estimate of drug-likeness (QED) is 0.806. The van der Waals surface area contributed by atoms with Gasteiger partial charge in [-0.25, -0.2) is 17.9 Å². The molecule has 0 aliphatic rings. The van der Waals surface area contributed by atoms with Crippen LogP contribution in [-0.2, 0) is 16.4 Å². The smallest absolute Gasteiger partial charge is 0.337 e. The van der Waals surface area contributed by atoms with E-state index in [-0.39, 0.29) is 17.0 Å². The van der Waals surface area contributed by atoms with E-state index in [0.29, 0.717) is 6.42 Å². The molecule has 0 spiro atoms. The summed E-state index contributed by atoms with van der Waals surface area (Å²) in [5.74, 6) is -0.550. The molecule has 23 heavy (non-hydrogen) atoms. The Bertz CT molecular complexity index is 784. The second kappa shape index (κ2) is 7.26. The van der Waals surface area contributed by atoms with E-state index in [0.717, 1.165) is 11.3 Å². The largest absolute Gasteiger partial charge is 0.497 e. The van der Waals surface area contributed by atoms with E-state index >= 15 is 0 Å². The topological polar surface area (TPSA) is 92.7 Å². The molecule has 0 atom stereocenters. The highest BCUT2D eigenvalue weighted by Gasteiger charge is 2.21. The molecule has 0 aliphatic heterocycles. The van der Waals surface area contributed by atoms with Gasteiger partial charge < -0.3 is 9.84 Å². The van der Waals surface area contributed by atoms with Gasteiger partial charge in [-0.1, -0.05) is 24.3 Å². The van der Waals surface area contributed by atoms with Gasteiger partial charge in [-0.05, 0) is 36.2 Å². The van der Waals surface area contributed by atoms with Crippen molar-refractivity contribution < 1.29 is 23.1 Å². The lowest BCUT2D eigenvalue weighted by molar-refractivity contribution is 0.0692. The molecule has 0 radical (unpaired) electrons. The number of carboxylic acid groups (broad SMARTS) is 1. The van der Waals surface area contributed by atoms with Crippen molar-refractivity contribution in [2.24, 2.45) is 0 Å². The van der Waals surface area contributed by atoms with E-state index in [4.69, 9.17) is 9.84 Å². The van der Waals surface area contributed by atoms with Gasteiger partial charge in [0, 0.05) is 6.54 Å². The van der Waals surface area contributed by atoms with Crippen LogP contribution in [0.2, 0.25) is 0 Å². The predicted octanol–water partition coefficient (Wildman–Crippen LogP) is 1.91. The Balaban J connectivity index is 2.05. The summed E-state index contributed by atoms with van der Waals surface area (Å²) in [7, 11) is -2.30. The molecule has 0 aromatic heterocycles. The van der Waals surface area contributed by atoms with Crippen molar-refractivity contribution in [1.29, 1.82) is 0 Å². The summed E-state index contributed by atoms with van der Waals surface area (Å²) in [4.78, 5) is 10.9. The zero-order valence-electron chi connectivity index (χ0n) is 12.5. The molecule has 0 saturated heterocycles. The maximum atomic E-state index is 12.3. The van der Waals surface area contributed by atoms with Crippen LogP contribution in [0.5, 0.6) is 5.75 Å². The third-order valence-corrected chi connectivity index (χ3v) is 4.79. The van der Waals surface area contributed by atoms with E-state index < -0.39 is 16.0 Å². The summed E-state index contributed by atoms with van der Waals surface area (Å²) in [6, 6.07) is 12.8. The highest BCUT2D eigenvalue weighted by Crippen LogP contribution is 2.15. The van der Waals surface area contributed by atoms with Gasteiger partial charge in [-0.15, -0.1) is 0 Å². The molecule has 0 bridgehead atoms. The van der Waals surface area contributed by atoms with Gasteiger partial charge in [0.15, 0.2) is 0 Å². The molecule has 0 aliphatic carbocycles. The Kier molecular flexibility index (Phi) is 5.36. The number of rotatable bonds is 7. The number of ether oxygens (including phenoxy) is 1. The van der Waals surface area contributed by atoms with E-state index in [1.54, 1.807) is 19.2 Å². The number of sulfonamides is 1. The van der Waals surface area contributed by atoms with Crippen LogP contribution in [0.25, 0.3) is 0 Å². The molecule has 2 aromatic rings. The molecule has 7 heteroatoms. The number of methoxy groups -OCH3 is 1. The number of aromatic carboxylic acids is 1. The first-order chi connectivity index (χ1) is 10.9. The summed E-state index contributed by atoms with van der Waals surface area (Å²) < 4.78 is 32.0. The zero-order chi connectivity index (χ0) is 16.9. The van der Waals surface area contributed by atoms with Gasteiger partial charge in [0.05, 0.1) is 17.6 Å². The number of hydrogen-bond acceptors (Lipinski definition) is 4. The molecule has 0 unspecified atom stereocenters. The molecule has 6 nitrogen and oxygen atoms in total. The maximum absolute atomic E-state index is 12.3. The fourth-order valence-corrected chi connectivity index (χ4v) is 3.31. The standard InChI is InChI=1S/C16H17NO5S/c1-22-13-8-6-12(7-9-13)10-11-17-23(20,21)15-5-3-2-4-14(15)16(18)19/h2-9,17H,10-11H2,1H3,(H,18,19). The molecular formula is C16H17NO5S. The number of hydrogen-bond donors (Lipinski definition) is 2. The molecule has 0 heterocycles. The van der Waals surface area contributed by atoms with Gasteiger partial charge in [0.25, 0.3) is 0 Å². The van der Waals surface area contributed by atoms with Gasteiger partial charge >= 0.3 is 5.97 Å². The third-order valence-electron chi connectivity index (χ3n) is 3.27. The molecule has 122 valence electrons. The fraction of sp³-hybridized carbons (Fsp3) is 0.188. The Labute approximate surface area is 134 Å². The van der Waals surface area contributed by atoms with Gasteiger partial charge in [-0.3, -0.25) is 0 Å². The summed E-state index contributed by atoms with van der Waals surface area (Å²) in [6.07, 6.45) is 0.485. The highest BCUT2D eigenvalue weighted by molar-refractivity contribution is 7.89. The SMILES string of the molecule is COc1ccc(CCNS(=O)(=O)c2ccccc2C(=O)O)cc1. The van der Waals surface area contributed by atoms with Crippen LogP contribution in [0.4, 0.5) is 0 Å². The lowest BCUT2D eigenvalue weighted by atomic mass is 10.1. The van der Waals surface area contributed by atoms with Crippen molar-refractivity contribution in [3.8, 4) is 5.75 Å². The van der Waals surface area contributed by atoms with Crippen molar-refractivity contribution in [2.75, 3.05) is 13.7 Å². The first kappa shape index (κ1) is 17.0. The Morgan fingerprint density at radius 2 is 1.78 bits per heavy atom. The maximum Gasteiger partial charge on any atom is 0.337 e. The highest BCUT2D eigenvalue weighted by atomic mass is 32.2. The second-order valence-corrected chi connectivity index (χ2v) is 6.53. The molecule has 2 N–H and O–H groups in total. The summed E-state index contributed by atoms with van der Waals surface area (Å²) in [5.41, 5.74) is 0.699. The van der Waals surface area contributed by atoms with Crippen LogP contribution in [0, 0.1) is 0 Å². The van der Waals surface area contributed by atoms with Crippen molar-refractivity contribution in [3.63, 3.8) is 0 Å².